The van der Waals surface area contributed by atoms with Gasteiger partial charge in [0.25, 0.3) is 0 Å². The molecule has 0 aromatic rings. The van der Waals surface area contributed by atoms with E-state index in [2.05, 4.69) is 19.2 Å². The molecule has 1 unspecified atom stereocenters. The zero-order valence-corrected chi connectivity index (χ0v) is 9.51. The van der Waals surface area contributed by atoms with Gasteiger partial charge in [0.15, 0.2) is 0 Å². The SMILES string of the molecule is CC(C)CCC(=O)CC1CCCNC1. The van der Waals surface area contributed by atoms with E-state index in [9.17, 15) is 4.79 Å². The number of rotatable bonds is 5. The van der Waals surface area contributed by atoms with E-state index in [-0.39, 0.29) is 0 Å². The molecule has 1 N–H and O–H groups in total. The Kier molecular flexibility index (Phi) is 5.16. The van der Waals surface area contributed by atoms with Crippen molar-refractivity contribution in [2.75, 3.05) is 13.1 Å². The lowest BCUT2D eigenvalue weighted by atomic mass is 9.92. The lowest BCUT2D eigenvalue weighted by molar-refractivity contribution is -0.120. The molecule has 1 aliphatic heterocycles. The van der Waals surface area contributed by atoms with Crippen LogP contribution in [0.3, 0.4) is 0 Å². The van der Waals surface area contributed by atoms with Gasteiger partial charge in [0.05, 0.1) is 0 Å². The maximum atomic E-state index is 11.6. The van der Waals surface area contributed by atoms with Gasteiger partial charge < -0.3 is 5.32 Å². The Balaban J connectivity index is 2.12. The van der Waals surface area contributed by atoms with Crippen LogP contribution in [0, 0.1) is 11.8 Å². The van der Waals surface area contributed by atoms with Crippen molar-refractivity contribution < 1.29 is 4.79 Å². The Labute approximate surface area is 87.5 Å². The fraction of sp³-hybridized carbons (Fsp3) is 0.917. The summed E-state index contributed by atoms with van der Waals surface area (Å²) in [6, 6.07) is 0. The summed E-state index contributed by atoms with van der Waals surface area (Å²) in [5, 5.41) is 3.35. The summed E-state index contributed by atoms with van der Waals surface area (Å²) in [6.07, 6.45) is 5.12. The average molecular weight is 197 g/mol. The Morgan fingerprint density at radius 2 is 2.29 bits per heavy atom. The third kappa shape index (κ3) is 4.75. The van der Waals surface area contributed by atoms with Gasteiger partial charge in [-0.15, -0.1) is 0 Å². The van der Waals surface area contributed by atoms with Crippen molar-refractivity contribution in [1.29, 1.82) is 0 Å². The summed E-state index contributed by atoms with van der Waals surface area (Å²) in [6.45, 7) is 6.54. The fourth-order valence-electron chi connectivity index (χ4n) is 1.97. The standard InChI is InChI=1S/C12H23NO/c1-10(2)5-6-12(14)8-11-4-3-7-13-9-11/h10-11,13H,3-9H2,1-2H3. The van der Waals surface area contributed by atoms with Gasteiger partial charge in [0.2, 0.25) is 0 Å². The van der Waals surface area contributed by atoms with Crippen molar-refractivity contribution in [2.24, 2.45) is 11.8 Å². The predicted octanol–water partition coefficient (Wildman–Crippen LogP) is 2.38. The lowest BCUT2D eigenvalue weighted by Gasteiger charge is -2.22. The topological polar surface area (TPSA) is 29.1 Å². The van der Waals surface area contributed by atoms with Crippen molar-refractivity contribution >= 4 is 5.78 Å². The molecule has 0 spiro atoms. The van der Waals surface area contributed by atoms with Crippen molar-refractivity contribution in [3.05, 3.63) is 0 Å². The van der Waals surface area contributed by atoms with Crippen LogP contribution in [-0.2, 0) is 4.79 Å². The number of hydrogen-bond acceptors (Lipinski definition) is 2. The normalized spacial score (nSPS) is 22.6. The maximum Gasteiger partial charge on any atom is 0.133 e. The van der Waals surface area contributed by atoms with Crippen molar-refractivity contribution in [2.45, 2.75) is 46.0 Å². The molecule has 1 atom stereocenters. The molecule has 0 saturated carbocycles. The highest BCUT2D eigenvalue weighted by molar-refractivity contribution is 5.78. The third-order valence-electron chi connectivity index (χ3n) is 2.92. The molecule has 1 aliphatic rings. The van der Waals surface area contributed by atoms with Gasteiger partial charge in [0, 0.05) is 12.8 Å². The predicted molar refractivity (Wildman–Crippen MR) is 59.3 cm³/mol. The zero-order valence-electron chi connectivity index (χ0n) is 9.51. The second-order valence-corrected chi connectivity index (χ2v) is 4.89. The molecule has 14 heavy (non-hydrogen) atoms. The van der Waals surface area contributed by atoms with E-state index in [0.717, 1.165) is 32.4 Å². The van der Waals surface area contributed by atoms with Crippen LogP contribution >= 0.6 is 0 Å². The van der Waals surface area contributed by atoms with E-state index in [1.165, 1.54) is 12.8 Å². The molecule has 1 saturated heterocycles. The van der Waals surface area contributed by atoms with E-state index in [4.69, 9.17) is 0 Å². The number of carbonyl (C=O) groups is 1. The monoisotopic (exact) mass is 197 g/mol. The molecule has 1 heterocycles. The van der Waals surface area contributed by atoms with E-state index in [1.54, 1.807) is 0 Å². The third-order valence-corrected chi connectivity index (χ3v) is 2.92. The first kappa shape index (κ1) is 11.7. The van der Waals surface area contributed by atoms with Gasteiger partial charge in [0.1, 0.15) is 5.78 Å². The van der Waals surface area contributed by atoms with Crippen LogP contribution in [0.15, 0.2) is 0 Å². The minimum Gasteiger partial charge on any atom is -0.316 e. The van der Waals surface area contributed by atoms with Crippen LogP contribution in [-0.4, -0.2) is 18.9 Å². The van der Waals surface area contributed by atoms with Gasteiger partial charge in [-0.1, -0.05) is 13.8 Å². The van der Waals surface area contributed by atoms with E-state index in [1.807, 2.05) is 0 Å². The number of hydrogen-bond donors (Lipinski definition) is 1. The number of nitrogens with one attached hydrogen (secondary N) is 1. The molecule has 0 aromatic heterocycles. The van der Waals surface area contributed by atoms with E-state index >= 15 is 0 Å². The first-order valence-corrected chi connectivity index (χ1v) is 5.91. The molecule has 1 rings (SSSR count). The van der Waals surface area contributed by atoms with Crippen LogP contribution in [0.5, 0.6) is 0 Å². The molecule has 0 radical (unpaired) electrons. The minimum absolute atomic E-state index is 0.465. The van der Waals surface area contributed by atoms with Crippen LogP contribution < -0.4 is 5.32 Å². The second kappa shape index (κ2) is 6.18. The minimum atomic E-state index is 0.465. The van der Waals surface area contributed by atoms with Crippen molar-refractivity contribution in [3.8, 4) is 0 Å². The molecule has 2 heteroatoms. The Bertz CT molecular complexity index is 171. The second-order valence-electron chi connectivity index (χ2n) is 4.89. The molecule has 0 amide bonds. The fourth-order valence-corrected chi connectivity index (χ4v) is 1.97. The molecule has 0 bridgehead atoms. The highest BCUT2D eigenvalue weighted by Crippen LogP contribution is 2.16. The largest absolute Gasteiger partial charge is 0.316 e. The van der Waals surface area contributed by atoms with Gasteiger partial charge in [-0.25, -0.2) is 0 Å². The Hall–Kier alpha value is -0.370. The van der Waals surface area contributed by atoms with E-state index in [0.29, 0.717) is 17.6 Å². The van der Waals surface area contributed by atoms with Crippen LogP contribution in [0.4, 0.5) is 0 Å². The first-order valence-electron chi connectivity index (χ1n) is 5.91. The summed E-state index contributed by atoms with van der Waals surface area (Å²) in [7, 11) is 0. The van der Waals surface area contributed by atoms with E-state index < -0.39 is 0 Å². The molecule has 1 fully saturated rings. The number of ketones is 1. The summed E-state index contributed by atoms with van der Waals surface area (Å²) in [5.74, 6) is 1.74. The maximum absolute atomic E-state index is 11.6. The highest BCUT2D eigenvalue weighted by atomic mass is 16.1. The van der Waals surface area contributed by atoms with Crippen LogP contribution in [0.1, 0.15) is 46.0 Å². The zero-order chi connectivity index (χ0) is 10.4. The highest BCUT2D eigenvalue weighted by Gasteiger charge is 2.16. The summed E-state index contributed by atoms with van der Waals surface area (Å²) >= 11 is 0. The van der Waals surface area contributed by atoms with Crippen molar-refractivity contribution in [1.82, 2.24) is 5.32 Å². The van der Waals surface area contributed by atoms with Crippen LogP contribution in [0.25, 0.3) is 0 Å². The molecule has 0 aliphatic carbocycles. The molecule has 82 valence electrons. The molecule has 0 aromatic carbocycles. The van der Waals surface area contributed by atoms with Gasteiger partial charge in [-0.3, -0.25) is 4.79 Å². The average Bonchev–Trinajstić information content (AvgIpc) is 2.16. The Morgan fingerprint density at radius 1 is 1.50 bits per heavy atom. The van der Waals surface area contributed by atoms with Gasteiger partial charge in [-0.2, -0.15) is 0 Å². The van der Waals surface area contributed by atoms with Gasteiger partial charge in [-0.05, 0) is 44.2 Å². The molecule has 2 nitrogen and oxygen atoms in total. The summed E-state index contributed by atoms with van der Waals surface area (Å²) in [5.41, 5.74) is 0. The van der Waals surface area contributed by atoms with Crippen molar-refractivity contribution in [3.63, 3.8) is 0 Å². The molecular formula is C12H23NO. The van der Waals surface area contributed by atoms with Gasteiger partial charge >= 0.3 is 0 Å². The number of piperidine rings is 1. The first-order chi connectivity index (χ1) is 6.68. The quantitative estimate of drug-likeness (QED) is 0.733. The Morgan fingerprint density at radius 3 is 2.86 bits per heavy atom. The smallest absolute Gasteiger partial charge is 0.133 e. The summed E-state index contributed by atoms with van der Waals surface area (Å²) in [4.78, 5) is 11.6. The number of carbonyl (C=O) groups excluding carboxylic acids is 1. The molecular weight excluding hydrogens is 174 g/mol. The number of Topliss-reactive ketones (excluding diaryl/α,β-unsaturated/α-hetero) is 1. The lowest BCUT2D eigenvalue weighted by Crippen LogP contribution is -2.31. The summed E-state index contributed by atoms with van der Waals surface area (Å²) < 4.78 is 0. The van der Waals surface area contributed by atoms with Crippen LogP contribution in [0.2, 0.25) is 0 Å².